The van der Waals surface area contributed by atoms with E-state index in [4.69, 9.17) is 9.47 Å². The number of ketones is 1. The first-order valence-corrected chi connectivity index (χ1v) is 12.6. The van der Waals surface area contributed by atoms with Crippen molar-refractivity contribution in [3.05, 3.63) is 11.6 Å². The highest BCUT2D eigenvalue weighted by molar-refractivity contribution is 5.87. The van der Waals surface area contributed by atoms with E-state index in [0.717, 1.165) is 77.8 Å². The largest absolute Gasteiger partial charge is 0.462 e. The van der Waals surface area contributed by atoms with Crippen LogP contribution in [0.2, 0.25) is 0 Å². The Balaban J connectivity index is 1.20. The summed E-state index contributed by atoms with van der Waals surface area (Å²) >= 11 is 0. The van der Waals surface area contributed by atoms with Crippen molar-refractivity contribution in [3.63, 3.8) is 0 Å². The molecule has 0 amide bonds. The summed E-state index contributed by atoms with van der Waals surface area (Å²) < 4.78 is 11.3. The highest BCUT2D eigenvalue weighted by Gasteiger charge is 2.58. The van der Waals surface area contributed by atoms with Crippen LogP contribution < -0.4 is 0 Å². The van der Waals surface area contributed by atoms with Crippen molar-refractivity contribution in [3.8, 4) is 0 Å². The van der Waals surface area contributed by atoms with E-state index in [1.165, 1.54) is 12.0 Å². The summed E-state index contributed by atoms with van der Waals surface area (Å²) in [5.74, 6) is 2.39. The number of fused-ring (bicyclic) bond motifs is 5. The van der Waals surface area contributed by atoms with Crippen LogP contribution in [0.1, 0.15) is 71.6 Å². The predicted molar refractivity (Wildman–Crippen MR) is 118 cm³/mol. The van der Waals surface area contributed by atoms with Crippen LogP contribution in [0.5, 0.6) is 0 Å². The van der Waals surface area contributed by atoms with E-state index in [1.54, 1.807) is 0 Å². The number of esters is 1. The summed E-state index contributed by atoms with van der Waals surface area (Å²) in [6.45, 7) is 8.84. The number of Topliss-reactive ketones (excluding diaryl/α,β-unsaturated/α-hetero) is 1. The number of hydrogen-bond acceptors (Lipinski definition) is 5. The van der Waals surface area contributed by atoms with E-state index in [-0.39, 0.29) is 22.9 Å². The van der Waals surface area contributed by atoms with Gasteiger partial charge in [-0.3, -0.25) is 14.5 Å². The van der Waals surface area contributed by atoms with Crippen molar-refractivity contribution >= 4 is 11.8 Å². The van der Waals surface area contributed by atoms with Gasteiger partial charge in [0.1, 0.15) is 11.9 Å². The molecule has 0 unspecified atom stereocenters. The zero-order valence-electron chi connectivity index (χ0n) is 19.4. The first-order valence-electron chi connectivity index (χ1n) is 12.6. The number of nitrogens with zero attached hydrogens (tertiary/aromatic N) is 1. The highest BCUT2D eigenvalue weighted by atomic mass is 16.5. The minimum atomic E-state index is -0.0594. The fourth-order valence-corrected chi connectivity index (χ4v) is 7.82. The van der Waals surface area contributed by atoms with Crippen molar-refractivity contribution in [2.45, 2.75) is 77.7 Å². The molecule has 5 nitrogen and oxygen atoms in total. The predicted octanol–water partition coefficient (Wildman–Crippen LogP) is 4.15. The molecule has 172 valence electrons. The van der Waals surface area contributed by atoms with Crippen LogP contribution in [0.15, 0.2) is 11.6 Å². The molecule has 0 spiro atoms. The molecule has 0 N–H and O–H groups in total. The molecule has 5 aliphatic rings. The second kappa shape index (κ2) is 8.30. The van der Waals surface area contributed by atoms with Gasteiger partial charge in [-0.2, -0.15) is 0 Å². The van der Waals surface area contributed by atoms with Gasteiger partial charge < -0.3 is 9.47 Å². The van der Waals surface area contributed by atoms with Crippen LogP contribution >= 0.6 is 0 Å². The Morgan fingerprint density at radius 1 is 1.13 bits per heavy atom. The first kappa shape index (κ1) is 21.6. The van der Waals surface area contributed by atoms with Gasteiger partial charge in [-0.25, -0.2) is 0 Å². The lowest BCUT2D eigenvalue weighted by Crippen LogP contribution is -2.50. The molecule has 0 aromatic rings. The van der Waals surface area contributed by atoms with Crippen LogP contribution in [0.3, 0.4) is 0 Å². The van der Waals surface area contributed by atoms with Gasteiger partial charge in [-0.1, -0.05) is 25.5 Å². The molecule has 4 aliphatic carbocycles. The molecular weight excluding hydrogens is 390 g/mol. The SMILES string of the molecule is C[C@]12CC[C@@H](OC(=O)CCN3CCOCC3)CC1=CC[C@@H]1[C@H]2CC[C@@]2(C)C(=O)CC[C@@H]12. The Morgan fingerprint density at radius 3 is 2.68 bits per heavy atom. The second-order valence-corrected chi connectivity index (χ2v) is 11.2. The van der Waals surface area contributed by atoms with Gasteiger partial charge in [0.15, 0.2) is 0 Å². The van der Waals surface area contributed by atoms with Crippen LogP contribution in [0, 0.1) is 28.6 Å². The normalized spacial score (nSPS) is 42.9. The molecule has 5 rings (SSSR count). The van der Waals surface area contributed by atoms with Crippen LogP contribution in [-0.2, 0) is 19.1 Å². The number of allylic oxidation sites excluding steroid dienone is 1. The third-order valence-electron chi connectivity index (χ3n) is 9.80. The zero-order valence-corrected chi connectivity index (χ0v) is 19.4. The van der Waals surface area contributed by atoms with Gasteiger partial charge in [-0.15, -0.1) is 0 Å². The molecule has 0 aromatic heterocycles. The Labute approximate surface area is 186 Å². The monoisotopic (exact) mass is 429 g/mol. The standard InChI is InChI=1S/C26H39NO4/c1-25-10-7-19(31-24(29)9-12-27-13-15-30-16-14-27)17-18(25)3-4-20-21-5-6-23(28)26(21,2)11-8-22(20)25/h3,19-22H,4-17H2,1-2H3/t19-,20+,21+,22-,25+,26-/m1/s1. The number of hydrogen-bond donors (Lipinski definition) is 0. The average Bonchev–Trinajstić information content (AvgIpc) is 3.08. The van der Waals surface area contributed by atoms with Gasteiger partial charge in [-0.05, 0) is 61.7 Å². The summed E-state index contributed by atoms with van der Waals surface area (Å²) in [7, 11) is 0. The maximum atomic E-state index is 12.6. The van der Waals surface area contributed by atoms with E-state index in [9.17, 15) is 9.59 Å². The Morgan fingerprint density at radius 2 is 1.87 bits per heavy atom. The zero-order chi connectivity index (χ0) is 21.6. The van der Waals surface area contributed by atoms with E-state index in [0.29, 0.717) is 30.0 Å². The quantitative estimate of drug-likeness (QED) is 0.496. The third kappa shape index (κ3) is 3.80. The minimum absolute atomic E-state index is 0.0370. The minimum Gasteiger partial charge on any atom is -0.462 e. The smallest absolute Gasteiger partial charge is 0.307 e. The lowest BCUT2D eigenvalue weighted by atomic mass is 9.48. The lowest BCUT2D eigenvalue weighted by molar-refractivity contribution is -0.152. The van der Waals surface area contributed by atoms with Crippen LogP contribution in [0.4, 0.5) is 0 Å². The summed E-state index contributed by atoms with van der Waals surface area (Å²) in [6.07, 6.45) is 11.2. The molecule has 4 fully saturated rings. The molecular formula is C26H39NO4. The summed E-state index contributed by atoms with van der Waals surface area (Å²) in [5.41, 5.74) is 1.70. The lowest BCUT2D eigenvalue weighted by Gasteiger charge is -2.56. The molecule has 6 atom stereocenters. The van der Waals surface area contributed by atoms with E-state index >= 15 is 0 Å². The van der Waals surface area contributed by atoms with Gasteiger partial charge in [0.2, 0.25) is 0 Å². The topological polar surface area (TPSA) is 55.8 Å². The molecule has 1 aliphatic heterocycles. The molecule has 0 aromatic carbocycles. The van der Waals surface area contributed by atoms with E-state index in [1.807, 2.05) is 0 Å². The van der Waals surface area contributed by atoms with Crippen LogP contribution in [0.25, 0.3) is 0 Å². The van der Waals surface area contributed by atoms with Gasteiger partial charge in [0.05, 0.1) is 19.6 Å². The summed E-state index contributed by atoms with van der Waals surface area (Å²) in [5, 5.41) is 0. The van der Waals surface area contributed by atoms with E-state index in [2.05, 4.69) is 24.8 Å². The molecule has 5 heteroatoms. The van der Waals surface area contributed by atoms with Gasteiger partial charge in [0, 0.05) is 37.9 Å². The number of carbonyl (C=O) groups excluding carboxylic acids is 2. The molecule has 0 bridgehead atoms. The van der Waals surface area contributed by atoms with Gasteiger partial charge in [0.25, 0.3) is 0 Å². The molecule has 3 saturated carbocycles. The number of morpholine rings is 1. The third-order valence-corrected chi connectivity index (χ3v) is 9.80. The fraction of sp³-hybridized carbons (Fsp3) is 0.846. The van der Waals surface area contributed by atoms with Crippen molar-refractivity contribution in [1.29, 1.82) is 0 Å². The maximum Gasteiger partial charge on any atom is 0.307 e. The van der Waals surface area contributed by atoms with Crippen molar-refractivity contribution in [2.24, 2.45) is 28.6 Å². The summed E-state index contributed by atoms with van der Waals surface area (Å²) in [4.78, 5) is 27.4. The average molecular weight is 430 g/mol. The Bertz CT molecular complexity index is 757. The Kier molecular flexibility index (Phi) is 5.79. The second-order valence-electron chi connectivity index (χ2n) is 11.2. The highest BCUT2D eigenvalue weighted by Crippen LogP contribution is 2.64. The number of ether oxygens (including phenoxy) is 2. The number of carbonyl (C=O) groups is 2. The van der Waals surface area contributed by atoms with Crippen LogP contribution in [-0.4, -0.2) is 55.6 Å². The molecule has 1 heterocycles. The molecule has 1 saturated heterocycles. The summed E-state index contributed by atoms with van der Waals surface area (Å²) in [6, 6.07) is 0. The fourth-order valence-electron chi connectivity index (χ4n) is 7.82. The number of rotatable bonds is 4. The molecule has 0 radical (unpaired) electrons. The van der Waals surface area contributed by atoms with Crippen molar-refractivity contribution < 1.29 is 19.1 Å². The van der Waals surface area contributed by atoms with E-state index < -0.39 is 0 Å². The Hall–Kier alpha value is -1.20. The maximum absolute atomic E-state index is 12.6. The molecule has 31 heavy (non-hydrogen) atoms. The first-order chi connectivity index (χ1) is 14.9. The van der Waals surface area contributed by atoms with Crippen molar-refractivity contribution in [1.82, 2.24) is 4.90 Å². The van der Waals surface area contributed by atoms with Crippen molar-refractivity contribution in [2.75, 3.05) is 32.8 Å². The van der Waals surface area contributed by atoms with Gasteiger partial charge >= 0.3 is 5.97 Å².